The summed E-state index contributed by atoms with van der Waals surface area (Å²) in [4.78, 5) is 16.2. The highest BCUT2D eigenvalue weighted by Gasteiger charge is 2.30. The molecule has 10 heteroatoms. The maximum absolute atomic E-state index is 12.3. The molecule has 1 fully saturated rings. The molecule has 2 aromatic heterocycles. The van der Waals surface area contributed by atoms with Gasteiger partial charge < -0.3 is 0 Å². The Kier molecular flexibility index (Phi) is 4.29. The first kappa shape index (κ1) is 17.5. The topological polar surface area (TPSA) is 86.8 Å². The number of nitrogens with zero attached hydrogens (tertiary/aromatic N) is 4. The predicted octanol–water partition coefficient (Wildman–Crippen LogP) is 2.31. The number of sulfone groups is 1. The molecule has 0 aliphatic carbocycles. The van der Waals surface area contributed by atoms with Crippen molar-refractivity contribution in [3.63, 3.8) is 0 Å². The van der Waals surface area contributed by atoms with Crippen LogP contribution in [0, 0.1) is 0 Å². The molecule has 0 unspecified atom stereocenters. The predicted molar refractivity (Wildman–Crippen MR) is 99.7 cm³/mol. The average molecular weight is 413 g/mol. The molecule has 0 spiro atoms. The second-order valence-electron chi connectivity index (χ2n) is 6.29. The third kappa shape index (κ3) is 3.13. The molecule has 136 valence electrons. The number of benzene rings is 1. The minimum absolute atomic E-state index is 0.0513. The second-order valence-corrected chi connectivity index (χ2v) is 9.33. The van der Waals surface area contributed by atoms with Gasteiger partial charge in [-0.3, -0.25) is 9.25 Å². The Morgan fingerprint density at radius 2 is 1.96 bits per heavy atom. The van der Waals surface area contributed by atoms with E-state index in [9.17, 15) is 13.2 Å². The van der Waals surface area contributed by atoms with Crippen LogP contribution in [0.5, 0.6) is 0 Å². The molecule has 1 saturated heterocycles. The lowest BCUT2D eigenvalue weighted by atomic mass is 10.2. The Bertz CT molecular complexity index is 1170. The number of hydrogen-bond acceptors (Lipinski definition) is 5. The SMILES string of the molecule is O=c1ncc2c(cnn2[C@H]2CCS(=O)(=O)C2)n1Cc1ccc(Cl)c(Cl)c1. The van der Waals surface area contributed by atoms with Crippen LogP contribution in [-0.4, -0.2) is 39.3 Å². The molecule has 3 aromatic rings. The molecule has 0 radical (unpaired) electrons. The zero-order valence-electron chi connectivity index (χ0n) is 13.5. The molecule has 0 amide bonds. The lowest BCUT2D eigenvalue weighted by Crippen LogP contribution is -2.23. The summed E-state index contributed by atoms with van der Waals surface area (Å²) in [6.45, 7) is 0.259. The highest BCUT2D eigenvalue weighted by Crippen LogP contribution is 2.27. The lowest BCUT2D eigenvalue weighted by Gasteiger charge is -2.11. The van der Waals surface area contributed by atoms with Crippen molar-refractivity contribution in [1.82, 2.24) is 19.3 Å². The summed E-state index contributed by atoms with van der Waals surface area (Å²) in [7, 11) is -3.04. The molecule has 0 N–H and O–H groups in total. The molecule has 1 atom stereocenters. The largest absolute Gasteiger partial charge is 0.348 e. The van der Waals surface area contributed by atoms with Gasteiger partial charge in [0, 0.05) is 0 Å². The molecule has 1 aliphatic rings. The summed E-state index contributed by atoms with van der Waals surface area (Å²) in [6, 6.07) is 4.91. The number of fused-ring (bicyclic) bond motifs is 1. The molecule has 4 rings (SSSR count). The normalized spacial score (nSPS) is 19.2. The summed E-state index contributed by atoms with van der Waals surface area (Å²) >= 11 is 12.0. The van der Waals surface area contributed by atoms with Gasteiger partial charge in [0.05, 0.1) is 52.0 Å². The van der Waals surface area contributed by atoms with E-state index in [-0.39, 0.29) is 24.1 Å². The molecule has 7 nitrogen and oxygen atoms in total. The first-order valence-corrected chi connectivity index (χ1v) is 10.5. The molecule has 26 heavy (non-hydrogen) atoms. The Morgan fingerprint density at radius 3 is 2.65 bits per heavy atom. The fourth-order valence-corrected chi connectivity index (χ4v) is 5.23. The first-order valence-electron chi connectivity index (χ1n) is 7.91. The molecule has 1 aromatic carbocycles. The molecule has 1 aliphatic heterocycles. The quantitative estimate of drug-likeness (QED) is 0.658. The Labute approximate surface area is 159 Å². The van der Waals surface area contributed by atoms with Crippen molar-refractivity contribution in [3.8, 4) is 0 Å². The van der Waals surface area contributed by atoms with Gasteiger partial charge in [-0.05, 0) is 24.1 Å². The van der Waals surface area contributed by atoms with Crippen LogP contribution < -0.4 is 5.69 Å². The third-order valence-corrected chi connectivity index (χ3v) is 7.00. The van der Waals surface area contributed by atoms with E-state index in [1.165, 1.54) is 10.8 Å². The average Bonchev–Trinajstić information content (AvgIpc) is 3.16. The van der Waals surface area contributed by atoms with Gasteiger partial charge in [-0.2, -0.15) is 10.1 Å². The van der Waals surface area contributed by atoms with Gasteiger partial charge in [0.15, 0.2) is 9.84 Å². The minimum Gasteiger partial charge on any atom is -0.284 e. The van der Waals surface area contributed by atoms with Gasteiger partial charge in [-0.1, -0.05) is 29.3 Å². The molecule has 3 heterocycles. The van der Waals surface area contributed by atoms with Gasteiger partial charge in [-0.15, -0.1) is 0 Å². The van der Waals surface area contributed by atoms with E-state index in [1.807, 2.05) is 0 Å². The maximum atomic E-state index is 12.3. The van der Waals surface area contributed by atoms with Crippen molar-refractivity contribution in [3.05, 3.63) is 56.7 Å². The summed E-state index contributed by atoms with van der Waals surface area (Å²) in [5.41, 5.74) is 1.61. The van der Waals surface area contributed by atoms with Crippen LogP contribution in [0.3, 0.4) is 0 Å². The van der Waals surface area contributed by atoms with E-state index in [2.05, 4.69) is 10.1 Å². The Morgan fingerprint density at radius 1 is 1.15 bits per heavy atom. The third-order valence-electron chi connectivity index (χ3n) is 4.51. The van der Waals surface area contributed by atoms with Gasteiger partial charge in [-0.25, -0.2) is 13.2 Å². The van der Waals surface area contributed by atoms with Crippen LogP contribution in [0.1, 0.15) is 18.0 Å². The van der Waals surface area contributed by atoms with Crippen LogP contribution in [0.25, 0.3) is 11.0 Å². The van der Waals surface area contributed by atoms with E-state index in [0.29, 0.717) is 27.5 Å². The fourth-order valence-electron chi connectivity index (χ4n) is 3.22. The lowest BCUT2D eigenvalue weighted by molar-refractivity contribution is 0.515. The monoisotopic (exact) mass is 412 g/mol. The summed E-state index contributed by atoms with van der Waals surface area (Å²) in [6.07, 6.45) is 3.52. The maximum Gasteiger partial charge on any atom is 0.348 e. The molecular formula is C16H14Cl2N4O3S. The molecule has 0 bridgehead atoms. The highest BCUT2D eigenvalue weighted by molar-refractivity contribution is 7.91. The van der Waals surface area contributed by atoms with Gasteiger partial charge in [0.25, 0.3) is 0 Å². The van der Waals surface area contributed by atoms with Gasteiger partial charge >= 0.3 is 5.69 Å². The van der Waals surface area contributed by atoms with Crippen LogP contribution in [0.2, 0.25) is 10.0 Å². The zero-order valence-corrected chi connectivity index (χ0v) is 15.8. The van der Waals surface area contributed by atoms with E-state index in [0.717, 1.165) is 5.56 Å². The number of rotatable bonds is 3. The zero-order chi connectivity index (χ0) is 18.5. The van der Waals surface area contributed by atoms with E-state index in [4.69, 9.17) is 23.2 Å². The Hall–Kier alpha value is -1.90. The number of aromatic nitrogens is 4. The Balaban J connectivity index is 1.77. The van der Waals surface area contributed by atoms with Crippen molar-refractivity contribution < 1.29 is 8.42 Å². The van der Waals surface area contributed by atoms with Crippen LogP contribution in [0.4, 0.5) is 0 Å². The van der Waals surface area contributed by atoms with Crippen molar-refractivity contribution in [1.29, 1.82) is 0 Å². The van der Waals surface area contributed by atoms with Crippen LogP contribution in [0.15, 0.2) is 35.4 Å². The molecular weight excluding hydrogens is 399 g/mol. The van der Waals surface area contributed by atoms with Crippen molar-refractivity contribution in [2.24, 2.45) is 0 Å². The number of hydrogen-bond donors (Lipinski definition) is 0. The van der Waals surface area contributed by atoms with Crippen LogP contribution in [-0.2, 0) is 16.4 Å². The van der Waals surface area contributed by atoms with Gasteiger partial charge in [0.2, 0.25) is 0 Å². The van der Waals surface area contributed by atoms with Crippen molar-refractivity contribution >= 4 is 44.1 Å². The van der Waals surface area contributed by atoms with Crippen molar-refractivity contribution in [2.75, 3.05) is 11.5 Å². The summed E-state index contributed by atoms with van der Waals surface area (Å²) < 4.78 is 26.7. The van der Waals surface area contributed by atoms with Crippen molar-refractivity contribution in [2.45, 2.75) is 19.0 Å². The highest BCUT2D eigenvalue weighted by atomic mass is 35.5. The summed E-state index contributed by atoms with van der Waals surface area (Å²) in [5, 5.41) is 5.17. The van der Waals surface area contributed by atoms with E-state index >= 15 is 0 Å². The summed E-state index contributed by atoms with van der Waals surface area (Å²) in [5.74, 6) is 0.199. The number of halogens is 2. The fraction of sp³-hybridized carbons (Fsp3) is 0.312. The minimum atomic E-state index is -3.04. The second kappa shape index (κ2) is 6.37. The first-order chi connectivity index (χ1) is 12.3. The van der Waals surface area contributed by atoms with E-state index in [1.54, 1.807) is 29.1 Å². The van der Waals surface area contributed by atoms with E-state index < -0.39 is 15.5 Å². The molecule has 0 saturated carbocycles. The standard InChI is InChI=1S/C16H14Cl2N4O3S/c17-12-2-1-10(5-13(12)18)8-21-14-7-20-22(15(14)6-19-16(21)23)11-3-4-26(24,25)9-11/h1-2,5-7,11H,3-4,8-9H2/t11-/m0/s1. The smallest absolute Gasteiger partial charge is 0.284 e. The van der Waals surface area contributed by atoms with Crippen LogP contribution >= 0.6 is 23.2 Å². The van der Waals surface area contributed by atoms with Gasteiger partial charge in [0.1, 0.15) is 5.52 Å².